The van der Waals surface area contributed by atoms with Crippen molar-refractivity contribution < 1.29 is 0 Å². The lowest BCUT2D eigenvalue weighted by molar-refractivity contribution is 0.545. The molecule has 0 aliphatic heterocycles. The van der Waals surface area contributed by atoms with E-state index in [4.69, 9.17) is 6.58 Å². The first-order valence-corrected chi connectivity index (χ1v) is 24.6. The van der Waals surface area contributed by atoms with E-state index in [9.17, 15) is 0 Å². The van der Waals surface area contributed by atoms with E-state index < -0.39 is 0 Å². The van der Waals surface area contributed by atoms with E-state index in [1.807, 2.05) is 45.9 Å². The Labute approximate surface area is 409 Å². The van der Waals surface area contributed by atoms with Gasteiger partial charge < -0.3 is 0 Å². The van der Waals surface area contributed by atoms with Crippen molar-refractivity contribution in [2.45, 2.75) is 74.7 Å². The molecule has 0 N–H and O–H groups in total. The molecular weight excluding hydrogens is 817 g/mol. The van der Waals surface area contributed by atoms with Gasteiger partial charge in [-0.1, -0.05) is 263 Å². The molecule has 0 spiro atoms. The van der Waals surface area contributed by atoms with Crippen molar-refractivity contribution in [3.8, 4) is 33.4 Å². The van der Waals surface area contributed by atoms with Gasteiger partial charge in [0.2, 0.25) is 0 Å². The van der Waals surface area contributed by atoms with E-state index in [0.29, 0.717) is 0 Å². The SMILES string of the molecule is C=C(/C=C(/c1cccc(-c2ccc(-c3ccccc3)cc2)c1)c1cc(-c2ccccc2)ccc1C)CC1C(C)=C(c2ccccc2C)C=CC1c1ccccc1C.CC.CC.Cc1ccccc1. The molecule has 0 radical (unpaired) electrons. The van der Waals surface area contributed by atoms with Gasteiger partial charge in [0.1, 0.15) is 0 Å². The van der Waals surface area contributed by atoms with Crippen LogP contribution in [0, 0.1) is 33.6 Å². The van der Waals surface area contributed by atoms with Crippen LogP contribution in [0.15, 0.2) is 242 Å². The van der Waals surface area contributed by atoms with Crippen molar-refractivity contribution in [2.24, 2.45) is 5.92 Å². The van der Waals surface area contributed by atoms with Gasteiger partial charge in [0, 0.05) is 5.92 Å². The Morgan fingerprint density at radius 1 is 0.456 bits per heavy atom. The molecule has 0 aromatic heterocycles. The maximum Gasteiger partial charge on any atom is 0.00928 e. The monoisotopic (exact) mass is 887 g/mol. The van der Waals surface area contributed by atoms with E-state index in [1.54, 1.807) is 0 Å². The summed E-state index contributed by atoms with van der Waals surface area (Å²) < 4.78 is 0. The molecular formula is C68H70. The zero-order chi connectivity index (χ0) is 48.4. The first kappa shape index (κ1) is 50.1. The Morgan fingerprint density at radius 3 is 1.53 bits per heavy atom. The van der Waals surface area contributed by atoms with Gasteiger partial charge in [-0.2, -0.15) is 0 Å². The minimum atomic E-state index is 0.248. The number of rotatable bonds is 10. The molecule has 8 aromatic rings. The zero-order valence-electron chi connectivity index (χ0n) is 41.9. The van der Waals surface area contributed by atoms with Gasteiger partial charge in [0.05, 0.1) is 0 Å². The molecule has 2 atom stereocenters. The highest BCUT2D eigenvalue weighted by Crippen LogP contribution is 2.45. The fraction of sp³-hybridized carbons (Fsp3) is 0.176. The molecule has 0 saturated carbocycles. The number of hydrogen-bond acceptors (Lipinski definition) is 0. The third-order valence-corrected chi connectivity index (χ3v) is 12.8. The molecule has 0 saturated heterocycles. The smallest absolute Gasteiger partial charge is 0.00928 e. The van der Waals surface area contributed by atoms with Crippen molar-refractivity contribution in [1.29, 1.82) is 0 Å². The van der Waals surface area contributed by atoms with E-state index in [2.05, 4.69) is 241 Å². The van der Waals surface area contributed by atoms with E-state index in [0.717, 1.165) is 12.0 Å². The van der Waals surface area contributed by atoms with Crippen LogP contribution in [-0.2, 0) is 0 Å². The Balaban J connectivity index is 0.000000622. The number of allylic oxidation sites excluding steroid dienone is 6. The summed E-state index contributed by atoms with van der Waals surface area (Å²) in [7, 11) is 0. The predicted octanol–water partition coefficient (Wildman–Crippen LogP) is 19.5. The quantitative estimate of drug-likeness (QED) is 0.120. The molecule has 0 amide bonds. The van der Waals surface area contributed by atoms with Crippen LogP contribution in [0.5, 0.6) is 0 Å². The Bertz CT molecular complexity index is 2940. The highest BCUT2D eigenvalue weighted by Gasteiger charge is 2.29. The van der Waals surface area contributed by atoms with Gasteiger partial charge in [-0.05, 0) is 143 Å². The second-order valence-corrected chi connectivity index (χ2v) is 17.3. The summed E-state index contributed by atoms with van der Waals surface area (Å²) in [5.41, 5.74) is 22.6. The molecule has 0 heteroatoms. The van der Waals surface area contributed by atoms with E-state index >= 15 is 0 Å². The summed E-state index contributed by atoms with van der Waals surface area (Å²) in [6, 6.07) is 74.1. The molecule has 342 valence electrons. The molecule has 0 bridgehead atoms. The highest BCUT2D eigenvalue weighted by atomic mass is 14.3. The van der Waals surface area contributed by atoms with Gasteiger partial charge >= 0.3 is 0 Å². The summed E-state index contributed by atoms with van der Waals surface area (Å²) in [4.78, 5) is 0. The minimum Gasteiger partial charge on any atom is -0.0958 e. The van der Waals surface area contributed by atoms with Crippen molar-refractivity contribution in [2.75, 3.05) is 0 Å². The second kappa shape index (κ2) is 25.0. The maximum atomic E-state index is 4.85. The number of aryl methyl sites for hydroxylation is 4. The van der Waals surface area contributed by atoms with Gasteiger partial charge in [-0.3, -0.25) is 0 Å². The molecule has 68 heavy (non-hydrogen) atoms. The fourth-order valence-electron chi connectivity index (χ4n) is 9.14. The summed E-state index contributed by atoms with van der Waals surface area (Å²) >= 11 is 0. The predicted molar refractivity (Wildman–Crippen MR) is 299 cm³/mol. The van der Waals surface area contributed by atoms with Crippen molar-refractivity contribution in [1.82, 2.24) is 0 Å². The van der Waals surface area contributed by atoms with Crippen LogP contribution >= 0.6 is 0 Å². The Hall–Kier alpha value is -7.28. The van der Waals surface area contributed by atoms with Crippen molar-refractivity contribution in [3.05, 3.63) is 287 Å². The van der Waals surface area contributed by atoms with Gasteiger partial charge in [-0.15, -0.1) is 0 Å². The molecule has 9 rings (SSSR count). The van der Waals surface area contributed by atoms with Gasteiger partial charge in [0.15, 0.2) is 0 Å². The van der Waals surface area contributed by atoms with Crippen LogP contribution in [0.4, 0.5) is 0 Å². The molecule has 1 aliphatic rings. The molecule has 1 aliphatic carbocycles. The number of hydrogen-bond donors (Lipinski definition) is 0. The fourth-order valence-corrected chi connectivity index (χ4v) is 9.14. The van der Waals surface area contributed by atoms with E-state index in [1.165, 1.54) is 94.6 Å². The highest BCUT2D eigenvalue weighted by molar-refractivity contribution is 5.87. The largest absolute Gasteiger partial charge is 0.0958 e. The third-order valence-electron chi connectivity index (χ3n) is 12.8. The maximum absolute atomic E-state index is 4.85. The van der Waals surface area contributed by atoms with Gasteiger partial charge in [0.25, 0.3) is 0 Å². The van der Waals surface area contributed by atoms with Crippen LogP contribution in [0.1, 0.15) is 91.5 Å². The molecule has 0 heterocycles. The summed E-state index contributed by atoms with van der Waals surface area (Å²) in [6.45, 7) is 24.0. The van der Waals surface area contributed by atoms with Gasteiger partial charge in [-0.25, -0.2) is 0 Å². The molecule has 8 aromatic carbocycles. The van der Waals surface area contributed by atoms with E-state index in [-0.39, 0.29) is 11.8 Å². The average Bonchev–Trinajstić information content (AvgIpc) is 3.39. The van der Waals surface area contributed by atoms with Crippen LogP contribution in [0.3, 0.4) is 0 Å². The Morgan fingerprint density at radius 2 is 0.941 bits per heavy atom. The first-order valence-electron chi connectivity index (χ1n) is 24.6. The van der Waals surface area contributed by atoms with Crippen LogP contribution < -0.4 is 0 Å². The van der Waals surface area contributed by atoms with Crippen molar-refractivity contribution >= 4 is 11.1 Å². The second-order valence-electron chi connectivity index (χ2n) is 17.3. The normalized spacial score (nSPS) is 14.0. The zero-order valence-corrected chi connectivity index (χ0v) is 41.9. The standard InChI is InChI=1S/C57H50.C7H8.2C2H6/c1-39(35-56-43(5)53(51-25-14-12-17-40(51)2)33-34-54(56)52-26-15-13-18-41(52)3)36-57(55-38-49(28-27-42(55)4)45-21-10-7-11-22-45)50-24-16-23-48(37-50)47-31-29-46(30-32-47)44-19-8-6-9-20-44;1-7-5-3-2-4-6-7;2*1-2/h6-34,36-38,54,56H,1,35H2,2-5H3;2-6H,1H3;2*1-2H3/b57-36-;;;. The van der Waals surface area contributed by atoms with Crippen LogP contribution in [0.2, 0.25) is 0 Å². The Kier molecular flexibility index (Phi) is 18.4. The molecule has 0 fully saturated rings. The van der Waals surface area contributed by atoms with Crippen LogP contribution in [0.25, 0.3) is 44.5 Å². The van der Waals surface area contributed by atoms with Crippen molar-refractivity contribution in [3.63, 3.8) is 0 Å². The lowest BCUT2D eigenvalue weighted by Gasteiger charge is -2.33. The number of benzene rings is 8. The topological polar surface area (TPSA) is 0 Å². The summed E-state index contributed by atoms with van der Waals surface area (Å²) in [5.74, 6) is 0.500. The lowest BCUT2D eigenvalue weighted by Crippen LogP contribution is -2.18. The average molecular weight is 887 g/mol. The summed E-state index contributed by atoms with van der Waals surface area (Å²) in [5, 5.41) is 0. The molecule has 0 nitrogen and oxygen atoms in total. The minimum absolute atomic E-state index is 0.248. The van der Waals surface area contributed by atoms with Crippen LogP contribution in [-0.4, -0.2) is 0 Å². The summed E-state index contributed by atoms with van der Waals surface area (Å²) in [6.07, 6.45) is 8.03. The first-order chi connectivity index (χ1) is 33.2. The molecule has 2 unspecified atom stereocenters. The third kappa shape index (κ3) is 12.6. The lowest BCUT2D eigenvalue weighted by atomic mass is 9.71.